The van der Waals surface area contributed by atoms with Gasteiger partial charge in [-0.3, -0.25) is 23.7 Å². The molecule has 0 radical (unpaired) electrons. The Balaban J connectivity index is 0.923. The molecule has 3 aromatic carbocycles. The summed E-state index contributed by atoms with van der Waals surface area (Å²) in [6, 6.07) is 13.5. The zero-order valence-electron chi connectivity index (χ0n) is 38.8. The van der Waals surface area contributed by atoms with E-state index in [1.807, 2.05) is 0 Å². The minimum Gasteiger partial charge on any atom is -0.545 e. The number of aromatic carboxylic acids is 1. The van der Waals surface area contributed by atoms with Crippen molar-refractivity contribution in [1.29, 1.82) is 0 Å². The highest BCUT2D eigenvalue weighted by Crippen LogP contribution is 2.43. The Morgan fingerprint density at radius 3 is 2.65 bits per heavy atom. The van der Waals surface area contributed by atoms with E-state index in [1.54, 1.807) is 24.3 Å². The number of carboxylic acid groups (broad SMARTS) is 1. The third-order valence-electron chi connectivity index (χ3n) is 12.9. The van der Waals surface area contributed by atoms with Crippen LogP contribution in [0.2, 0.25) is 0 Å². The van der Waals surface area contributed by atoms with E-state index in [4.69, 9.17) is 18.9 Å². The number of H-pyrrole nitrogens is 1. The third-order valence-corrected chi connectivity index (χ3v) is 13.4. The summed E-state index contributed by atoms with van der Waals surface area (Å²) in [4.78, 5) is 74.3. The third kappa shape index (κ3) is 11.3. The van der Waals surface area contributed by atoms with E-state index in [-0.39, 0.29) is 49.6 Å². The number of aryl methyl sites for hydroxylation is 2. The van der Waals surface area contributed by atoms with Crippen molar-refractivity contribution in [3.05, 3.63) is 132 Å². The van der Waals surface area contributed by atoms with Crippen LogP contribution < -0.4 is 51.2 Å². The molecule has 5 heterocycles. The van der Waals surface area contributed by atoms with Crippen molar-refractivity contribution in [3.63, 3.8) is 0 Å². The number of hydrogen-bond donors (Lipinski definition) is 4. The molecule has 4 aromatic rings. The lowest BCUT2D eigenvalue weighted by atomic mass is 9.86. The van der Waals surface area contributed by atoms with Crippen molar-refractivity contribution in [1.82, 2.24) is 19.4 Å². The minimum atomic E-state index is -4.81. The number of carbonyl (C=O) groups is 2. The second-order valence-corrected chi connectivity index (χ2v) is 18.6. The Morgan fingerprint density at radius 1 is 1.06 bits per heavy atom. The molecule has 4 aliphatic heterocycles. The lowest BCUT2D eigenvalue weighted by Crippen LogP contribution is -2.39. The van der Waals surface area contributed by atoms with Crippen molar-refractivity contribution in [2.24, 2.45) is 0 Å². The largest absolute Gasteiger partial charge is 0.545 e. The van der Waals surface area contributed by atoms with E-state index in [0.717, 1.165) is 83.8 Å². The number of rotatable bonds is 20. The van der Waals surface area contributed by atoms with E-state index in [0.29, 0.717) is 35.7 Å². The molecule has 1 aromatic heterocycles. The number of benzene rings is 3. The summed E-state index contributed by atoms with van der Waals surface area (Å²) in [6.07, 6.45) is 8.29. The SMILES string of the molecule is C=CCCO[C@@H]1C[C@H](n2cc(/C=C/CNC(=O)CCCOc3ccc(C4=c5cc6c(cc5Oc5cc7c(cc54)CCCN7CC)=[N+](CC)CCC6)c(C(=O)[O-])c3)c(=O)[nH]c2=O)O[C@@H]1COP(=O)(O)O. The standard InChI is InChI=1S/C50H58N5O13P/c1-4-7-21-65-43-28-46(68-44(43)30-66-69(61,62)63)55-29-33(48(57)52-50(55)60)12-8-18-51-45(56)15-11-22-64-34-16-17-35(36(25-34)49(58)59)47-37-23-31-13-9-19-53(5-2)39(31)26-41(37)67-42-27-40-32(24-38(42)47)14-10-20-54(40)6-3/h4,8,12,16-17,23-27,29,43-44,46H,1,5-7,9-11,13-15,18-22,28,30H2,2-3H3,(H4-,51,52,56,57,58,59,60,61,62,63)/b12-8+/t43-,44-,46-/m1/s1. The number of ether oxygens (including phenoxy) is 4. The number of phosphoric ester groups is 1. The molecule has 4 aliphatic rings. The summed E-state index contributed by atoms with van der Waals surface area (Å²) in [6.45, 7) is 11.5. The number of nitrogens with zero attached hydrogens (tertiary/aromatic N) is 3. The Morgan fingerprint density at radius 2 is 1.88 bits per heavy atom. The van der Waals surface area contributed by atoms with Gasteiger partial charge in [-0.15, -0.1) is 6.58 Å². The predicted octanol–water partition coefficient (Wildman–Crippen LogP) is 2.83. The molecule has 0 spiro atoms. The van der Waals surface area contributed by atoms with Gasteiger partial charge in [-0.1, -0.05) is 18.2 Å². The summed E-state index contributed by atoms with van der Waals surface area (Å²) in [5, 5.41) is 17.7. The highest BCUT2D eigenvalue weighted by molar-refractivity contribution is 7.46. The molecular formula is C50H58N5O13P. The Hall–Kier alpha value is -6.14. The second kappa shape index (κ2) is 21.7. The summed E-state index contributed by atoms with van der Waals surface area (Å²) in [5.41, 5.74) is 4.25. The summed E-state index contributed by atoms with van der Waals surface area (Å²) in [5.74, 6) is 0.0294. The summed E-state index contributed by atoms with van der Waals surface area (Å²) < 4.78 is 43.9. The average molecular weight is 968 g/mol. The summed E-state index contributed by atoms with van der Waals surface area (Å²) in [7, 11) is -4.81. The minimum absolute atomic E-state index is 0.0221. The van der Waals surface area contributed by atoms with Crippen LogP contribution in [0.1, 0.15) is 96.8 Å². The zero-order chi connectivity index (χ0) is 48.8. The van der Waals surface area contributed by atoms with E-state index >= 15 is 0 Å². The van der Waals surface area contributed by atoms with E-state index < -0.39 is 50.1 Å². The Kier molecular flexibility index (Phi) is 15.5. The van der Waals surface area contributed by atoms with Crippen molar-refractivity contribution in [2.45, 2.75) is 83.6 Å². The fraction of sp³-hybridized carbons (Fsp3) is 0.420. The number of carboxylic acids is 1. The average Bonchev–Trinajstić information content (AvgIpc) is 3.74. The highest BCUT2D eigenvalue weighted by Gasteiger charge is 2.39. The number of nitrogens with one attached hydrogen (secondary N) is 2. The zero-order valence-corrected chi connectivity index (χ0v) is 39.7. The first-order valence-electron chi connectivity index (χ1n) is 23.5. The molecular weight excluding hydrogens is 910 g/mol. The van der Waals surface area contributed by atoms with Crippen molar-refractivity contribution in [3.8, 4) is 17.2 Å². The molecule has 8 rings (SSSR count). The van der Waals surface area contributed by atoms with Crippen LogP contribution in [0.5, 0.6) is 17.2 Å². The molecule has 0 bridgehead atoms. The molecule has 0 aliphatic carbocycles. The number of aromatic nitrogens is 2. The first-order valence-corrected chi connectivity index (χ1v) is 25.0. The van der Waals surface area contributed by atoms with Crippen molar-refractivity contribution in [2.75, 3.05) is 57.4 Å². The van der Waals surface area contributed by atoms with E-state index in [2.05, 4.69) is 69.0 Å². The fourth-order valence-corrected chi connectivity index (χ4v) is 9.86. The molecule has 3 atom stereocenters. The topological polar surface area (TPSA) is 234 Å². The molecule has 4 N–H and O–H groups in total. The Bertz CT molecular complexity index is 2960. The van der Waals surface area contributed by atoms with Crippen LogP contribution in [0, 0.1) is 0 Å². The van der Waals surface area contributed by atoms with Crippen LogP contribution in [0.4, 0.5) is 5.69 Å². The van der Waals surface area contributed by atoms with Crippen LogP contribution in [0.15, 0.2) is 77.0 Å². The van der Waals surface area contributed by atoms with Gasteiger partial charge in [0, 0.05) is 84.3 Å². The van der Waals surface area contributed by atoms with E-state index in [1.165, 1.54) is 29.5 Å². The van der Waals surface area contributed by atoms with Gasteiger partial charge in [0.25, 0.3) is 5.56 Å². The van der Waals surface area contributed by atoms with Crippen molar-refractivity contribution >= 4 is 37.0 Å². The number of amides is 1. The molecule has 366 valence electrons. The maximum absolute atomic E-state index is 13.0. The lowest BCUT2D eigenvalue weighted by Gasteiger charge is -2.33. The molecule has 69 heavy (non-hydrogen) atoms. The number of phosphoric acid groups is 1. The van der Waals surface area contributed by atoms with Gasteiger partial charge in [0.2, 0.25) is 11.3 Å². The van der Waals surface area contributed by atoms with Gasteiger partial charge in [0.05, 0.1) is 43.5 Å². The molecule has 1 saturated heterocycles. The molecule has 1 amide bonds. The van der Waals surface area contributed by atoms with Gasteiger partial charge in [-0.2, -0.15) is 0 Å². The van der Waals surface area contributed by atoms with Crippen LogP contribution >= 0.6 is 7.82 Å². The molecule has 18 nitrogen and oxygen atoms in total. The predicted molar refractivity (Wildman–Crippen MR) is 255 cm³/mol. The summed E-state index contributed by atoms with van der Waals surface area (Å²) >= 11 is 0. The normalized spacial score (nSPS) is 18.6. The lowest BCUT2D eigenvalue weighted by molar-refractivity contribution is -0.255. The quantitative estimate of drug-likeness (QED) is 0.0381. The first-order chi connectivity index (χ1) is 33.2. The van der Waals surface area contributed by atoms with Crippen LogP contribution in [-0.4, -0.2) is 96.0 Å². The molecule has 0 saturated carbocycles. The van der Waals surface area contributed by atoms with Gasteiger partial charge in [0.1, 0.15) is 42.7 Å². The van der Waals surface area contributed by atoms with Crippen molar-refractivity contribution < 1.29 is 52.5 Å². The van der Waals surface area contributed by atoms with E-state index in [9.17, 15) is 38.6 Å². The number of aromatic amines is 1. The first kappa shape index (κ1) is 49.3. The van der Waals surface area contributed by atoms with Gasteiger partial charge >= 0.3 is 13.5 Å². The van der Waals surface area contributed by atoms with Gasteiger partial charge < -0.3 is 48.9 Å². The van der Waals surface area contributed by atoms with Crippen LogP contribution in [0.3, 0.4) is 0 Å². The molecule has 19 heteroatoms. The molecule has 1 fully saturated rings. The smallest absolute Gasteiger partial charge is 0.469 e. The molecule has 0 unspecified atom stereocenters. The number of carbonyl (C=O) groups excluding carboxylic acids is 2. The van der Waals surface area contributed by atoms with Gasteiger partial charge in [-0.05, 0) is 87.4 Å². The maximum Gasteiger partial charge on any atom is 0.469 e. The number of anilines is 1. The van der Waals surface area contributed by atoms with Crippen LogP contribution in [-0.2, 0) is 36.2 Å². The van der Waals surface area contributed by atoms with Gasteiger partial charge in [-0.25, -0.2) is 13.9 Å². The monoisotopic (exact) mass is 967 g/mol. The second-order valence-electron chi connectivity index (χ2n) is 17.3. The maximum atomic E-state index is 13.0. The number of hydrogen-bond acceptors (Lipinski definition) is 12. The Labute approximate surface area is 398 Å². The van der Waals surface area contributed by atoms with Crippen LogP contribution in [0.25, 0.3) is 11.6 Å². The number of fused-ring (bicyclic) bond motifs is 4. The highest BCUT2D eigenvalue weighted by atomic mass is 31.2. The fourth-order valence-electron chi connectivity index (χ4n) is 9.52. The van der Waals surface area contributed by atoms with Gasteiger partial charge in [0.15, 0.2) is 0 Å².